The second-order valence-corrected chi connectivity index (χ2v) is 8.35. The molecule has 0 radical (unpaired) electrons. The standard InChI is InChI=1S/C17H27N3O3.ClH/c1-23-14(21)16-6-10-4-11(7-16)13(12(5-10)8-16)19-15(22)20-17(9-18)2-3-17;/h10-13H,2-9,18H2,1H3,(H2,19,20,22);1H. The average molecular weight is 358 g/mol. The summed E-state index contributed by atoms with van der Waals surface area (Å²) in [6, 6.07) is 0.107. The van der Waals surface area contributed by atoms with Crippen LogP contribution in [0.2, 0.25) is 0 Å². The van der Waals surface area contributed by atoms with E-state index in [0.717, 1.165) is 44.9 Å². The summed E-state index contributed by atoms with van der Waals surface area (Å²) >= 11 is 0. The van der Waals surface area contributed by atoms with Crippen LogP contribution in [0.3, 0.4) is 0 Å². The third-order valence-electron chi connectivity index (χ3n) is 6.81. The van der Waals surface area contributed by atoms with E-state index in [1.165, 1.54) is 7.11 Å². The van der Waals surface area contributed by atoms with E-state index < -0.39 is 0 Å². The topological polar surface area (TPSA) is 93.4 Å². The van der Waals surface area contributed by atoms with Gasteiger partial charge in [-0.2, -0.15) is 0 Å². The number of ether oxygens (including phenoxy) is 1. The smallest absolute Gasteiger partial charge is 0.315 e. The second kappa shape index (κ2) is 6.06. The summed E-state index contributed by atoms with van der Waals surface area (Å²) in [6.45, 7) is 0.505. The number of urea groups is 1. The molecule has 5 aliphatic carbocycles. The van der Waals surface area contributed by atoms with Gasteiger partial charge in [0.1, 0.15) is 0 Å². The minimum atomic E-state index is -0.283. The molecule has 0 aliphatic heterocycles. The van der Waals surface area contributed by atoms with Crippen molar-refractivity contribution < 1.29 is 14.3 Å². The highest BCUT2D eigenvalue weighted by molar-refractivity contribution is 5.85. The van der Waals surface area contributed by atoms with E-state index in [2.05, 4.69) is 10.6 Å². The molecule has 5 saturated carbocycles. The molecule has 24 heavy (non-hydrogen) atoms. The minimum absolute atomic E-state index is 0. The van der Waals surface area contributed by atoms with Gasteiger partial charge in [-0.05, 0) is 62.7 Å². The molecule has 5 aliphatic rings. The molecule has 0 aromatic heterocycles. The largest absolute Gasteiger partial charge is 0.469 e. The molecule has 4 N–H and O–H groups in total. The van der Waals surface area contributed by atoms with Crippen LogP contribution in [0.15, 0.2) is 0 Å². The Labute approximate surface area is 149 Å². The number of nitrogens with two attached hydrogens (primary N) is 1. The zero-order valence-corrected chi connectivity index (χ0v) is 15.0. The van der Waals surface area contributed by atoms with E-state index in [4.69, 9.17) is 10.5 Å². The maximum Gasteiger partial charge on any atom is 0.315 e. The number of nitrogens with one attached hydrogen (secondary N) is 2. The fourth-order valence-corrected chi connectivity index (χ4v) is 5.69. The number of amides is 2. The number of hydrogen-bond donors (Lipinski definition) is 3. The summed E-state index contributed by atoms with van der Waals surface area (Å²) in [7, 11) is 1.49. The molecule has 0 saturated heterocycles. The van der Waals surface area contributed by atoms with Gasteiger partial charge in [-0.1, -0.05) is 0 Å². The van der Waals surface area contributed by atoms with Crippen molar-refractivity contribution in [3.63, 3.8) is 0 Å². The lowest BCUT2D eigenvalue weighted by molar-refractivity contribution is -0.170. The van der Waals surface area contributed by atoms with Gasteiger partial charge in [0.15, 0.2) is 0 Å². The minimum Gasteiger partial charge on any atom is -0.469 e. The molecule has 5 rings (SSSR count). The Morgan fingerprint density at radius 2 is 1.79 bits per heavy atom. The van der Waals surface area contributed by atoms with Crippen molar-refractivity contribution in [3.05, 3.63) is 0 Å². The Morgan fingerprint density at radius 3 is 2.29 bits per heavy atom. The zero-order chi connectivity index (χ0) is 16.2. The van der Waals surface area contributed by atoms with Crippen molar-refractivity contribution in [1.82, 2.24) is 10.6 Å². The molecule has 0 heterocycles. The van der Waals surface area contributed by atoms with Gasteiger partial charge < -0.3 is 21.1 Å². The van der Waals surface area contributed by atoms with E-state index >= 15 is 0 Å². The van der Waals surface area contributed by atoms with Gasteiger partial charge in [0, 0.05) is 12.6 Å². The van der Waals surface area contributed by atoms with Crippen LogP contribution in [0.4, 0.5) is 4.79 Å². The first-order valence-electron chi connectivity index (χ1n) is 8.86. The first-order chi connectivity index (χ1) is 11.0. The molecule has 7 heteroatoms. The third kappa shape index (κ3) is 2.77. The maximum absolute atomic E-state index is 12.4. The Morgan fingerprint density at radius 1 is 1.17 bits per heavy atom. The lowest BCUT2D eigenvalue weighted by Crippen LogP contribution is -2.63. The Kier molecular flexibility index (Phi) is 4.49. The van der Waals surface area contributed by atoms with Crippen LogP contribution in [0.1, 0.15) is 44.9 Å². The van der Waals surface area contributed by atoms with Crippen LogP contribution < -0.4 is 16.4 Å². The lowest BCUT2D eigenvalue weighted by atomic mass is 9.48. The van der Waals surface area contributed by atoms with Gasteiger partial charge >= 0.3 is 12.0 Å². The van der Waals surface area contributed by atoms with Crippen LogP contribution in [0.5, 0.6) is 0 Å². The predicted molar refractivity (Wildman–Crippen MR) is 91.7 cm³/mol. The maximum atomic E-state index is 12.4. The number of carbonyl (C=O) groups excluding carboxylic acids is 2. The summed E-state index contributed by atoms with van der Waals surface area (Å²) in [5.74, 6) is 1.38. The van der Waals surface area contributed by atoms with Gasteiger partial charge in [0.25, 0.3) is 0 Å². The molecule has 136 valence electrons. The molecular weight excluding hydrogens is 330 g/mol. The van der Waals surface area contributed by atoms with Crippen LogP contribution >= 0.6 is 12.4 Å². The molecule has 0 aromatic rings. The number of halogens is 1. The molecule has 4 bridgehead atoms. The molecular formula is C17H28ClN3O3. The molecule has 2 atom stereocenters. The average Bonchev–Trinajstić information content (AvgIpc) is 3.29. The van der Waals surface area contributed by atoms with E-state index in [1.807, 2.05) is 0 Å². The Bertz CT molecular complexity index is 521. The highest BCUT2D eigenvalue weighted by Crippen LogP contribution is 2.60. The molecule has 2 unspecified atom stereocenters. The van der Waals surface area contributed by atoms with Crippen molar-refractivity contribution in [3.8, 4) is 0 Å². The molecule has 0 aromatic carbocycles. The number of methoxy groups -OCH3 is 1. The highest BCUT2D eigenvalue weighted by atomic mass is 35.5. The first-order valence-corrected chi connectivity index (χ1v) is 8.86. The summed E-state index contributed by atoms with van der Waals surface area (Å²) < 4.78 is 5.09. The third-order valence-corrected chi connectivity index (χ3v) is 6.81. The van der Waals surface area contributed by atoms with E-state index in [1.54, 1.807) is 0 Å². The number of carbonyl (C=O) groups is 2. The summed E-state index contributed by atoms with van der Waals surface area (Å²) in [5, 5.41) is 6.26. The quantitative estimate of drug-likeness (QED) is 0.666. The highest BCUT2D eigenvalue weighted by Gasteiger charge is 2.59. The molecule has 2 amide bonds. The summed E-state index contributed by atoms with van der Waals surface area (Å²) in [4.78, 5) is 24.6. The van der Waals surface area contributed by atoms with E-state index in [9.17, 15) is 9.59 Å². The second-order valence-electron chi connectivity index (χ2n) is 8.35. The molecule has 6 nitrogen and oxygen atoms in total. The predicted octanol–water partition coefficient (Wildman–Crippen LogP) is 1.57. The SMILES string of the molecule is COC(=O)C12CC3CC(C1)C(NC(=O)NC1(CN)CC1)C(C3)C2.Cl. The number of rotatable bonds is 4. The van der Waals surface area contributed by atoms with Crippen LogP contribution in [0, 0.1) is 23.2 Å². The van der Waals surface area contributed by atoms with Crippen molar-refractivity contribution in [2.75, 3.05) is 13.7 Å². The molecule has 0 spiro atoms. The lowest BCUT2D eigenvalue weighted by Gasteiger charge is -2.58. The van der Waals surface area contributed by atoms with Gasteiger partial charge in [0.2, 0.25) is 0 Å². The van der Waals surface area contributed by atoms with Crippen LogP contribution in [-0.4, -0.2) is 37.2 Å². The molecule has 5 fully saturated rings. The number of hydrogen-bond acceptors (Lipinski definition) is 4. The van der Waals surface area contributed by atoms with Crippen molar-refractivity contribution in [1.29, 1.82) is 0 Å². The fourth-order valence-electron chi connectivity index (χ4n) is 5.69. The van der Waals surface area contributed by atoms with Crippen LogP contribution in [0.25, 0.3) is 0 Å². The van der Waals surface area contributed by atoms with Gasteiger partial charge in [-0.15, -0.1) is 12.4 Å². The fraction of sp³-hybridized carbons (Fsp3) is 0.882. The van der Waals surface area contributed by atoms with E-state index in [0.29, 0.717) is 24.3 Å². The monoisotopic (exact) mass is 357 g/mol. The van der Waals surface area contributed by atoms with Gasteiger partial charge in [-0.3, -0.25) is 4.79 Å². The van der Waals surface area contributed by atoms with E-state index in [-0.39, 0.29) is 41.4 Å². The Hall–Kier alpha value is -1.01. The van der Waals surface area contributed by atoms with Gasteiger partial charge in [0.05, 0.1) is 18.1 Å². The van der Waals surface area contributed by atoms with Crippen LogP contribution in [-0.2, 0) is 9.53 Å². The normalized spacial score (nSPS) is 40.4. The summed E-state index contributed by atoms with van der Waals surface area (Å²) in [6.07, 6.45) is 6.90. The first kappa shape index (κ1) is 17.8. The number of esters is 1. The van der Waals surface area contributed by atoms with Crippen molar-refractivity contribution in [2.45, 2.75) is 56.5 Å². The van der Waals surface area contributed by atoms with Gasteiger partial charge in [-0.25, -0.2) is 4.79 Å². The Balaban J connectivity index is 0.00000169. The summed E-state index contributed by atoms with van der Waals surface area (Å²) in [5.41, 5.74) is 5.29. The van der Waals surface area contributed by atoms with Crippen molar-refractivity contribution in [2.24, 2.45) is 28.9 Å². The van der Waals surface area contributed by atoms with Crippen molar-refractivity contribution >= 4 is 24.4 Å². The zero-order valence-electron chi connectivity index (χ0n) is 14.2.